The molecule has 1 unspecified atom stereocenters. The summed E-state index contributed by atoms with van der Waals surface area (Å²) in [7, 11) is -3.94. The lowest BCUT2D eigenvalue weighted by molar-refractivity contribution is -0.125. The minimum Gasteiger partial charge on any atom is -0.486 e. The molecule has 3 N–H and O–H groups in total. The van der Waals surface area contributed by atoms with Crippen molar-refractivity contribution in [2.45, 2.75) is 23.8 Å². The Morgan fingerprint density at radius 1 is 1.13 bits per heavy atom. The molecule has 10 nitrogen and oxygen atoms in total. The number of H-pyrrole nitrogens is 1. The fourth-order valence-electron chi connectivity index (χ4n) is 3.38. The monoisotopic (exact) mass is 498 g/mol. The highest BCUT2D eigenvalue weighted by atomic mass is 79.9. The minimum absolute atomic E-state index is 0.0201. The quantitative estimate of drug-likeness (QED) is 0.542. The molecule has 4 rings (SSSR count). The van der Waals surface area contributed by atoms with E-state index in [4.69, 9.17) is 9.47 Å². The van der Waals surface area contributed by atoms with Crippen LogP contribution in [0.25, 0.3) is 0 Å². The fourth-order valence-corrected chi connectivity index (χ4v) is 5.39. The molecule has 0 spiro atoms. The van der Waals surface area contributed by atoms with Crippen molar-refractivity contribution < 1.29 is 27.5 Å². The van der Waals surface area contributed by atoms with E-state index in [0.29, 0.717) is 42.0 Å². The summed E-state index contributed by atoms with van der Waals surface area (Å²) >= 11 is 3.22. The van der Waals surface area contributed by atoms with Crippen LogP contribution in [0.4, 0.5) is 0 Å². The zero-order chi connectivity index (χ0) is 21.3. The third kappa shape index (κ3) is 4.02. The molecule has 12 heteroatoms. The summed E-state index contributed by atoms with van der Waals surface area (Å²) in [6, 6.07) is 5.00. The molecule has 0 bridgehead atoms. The second-order valence-corrected chi connectivity index (χ2v) is 9.56. The molecule has 1 aromatic heterocycles. The molecule has 160 valence electrons. The van der Waals surface area contributed by atoms with Crippen molar-refractivity contribution in [3.05, 3.63) is 40.6 Å². The molecule has 1 saturated heterocycles. The lowest BCUT2D eigenvalue weighted by atomic mass is 10.2. The number of ether oxygens (including phenoxy) is 2. The van der Waals surface area contributed by atoms with Gasteiger partial charge in [0.15, 0.2) is 11.5 Å². The number of amides is 2. The average molecular weight is 499 g/mol. The second-order valence-electron chi connectivity index (χ2n) is 6.75. The van der Waals surface area contributed by atoms with Gasteiger partial charge in [0, 0.05) is 23.3 Å². The largest absolute Gasteiger partial charge is 0.486 e. The maximum Gasteiger partial charge on any atom is 0.286 e. The Kier molecular flexibility index (Phi) is 5.71. The Balaban J connectivity index is 1.47. The van der Waals surface area contributed by atoms with Gasteiger partial charge in [-0.1, -0.05) is 0 Å². The molecule has 2 aliphatic rings. The number of rotatable bonds is 4. The lowest BCUT2D eigenvalue weighted by Crippen LogP contribution is -2.51. The molecular weight excluding hydrogens is 480 g/mol. The van der Waals surface area contributed by atoms with Gasteiger partial charge >= 0.3 is 0 Å². The molecule has 2 aliphatic heterocycles. The molecule has 1 atom stereocenters. The first-order valence-corrected chi connectivity index (χ1v) is 11.5. The van der Waals surface area contributed by atoms with Crippen LogP contribution in [-0.4, -0.2) is 55.3 Å². The number of carbonyl (C=O) groups excluding carboxylic acids is 2. The first kappa shape index (κ1) is 20.7. The third-order valence-electron chi connectivity index (χ3n) is 4.82. The number of benzene rings is 1. The van der Waals surface area contributed by atoms with E-state index >= 15 is 0 Å². The van der Waals surface area contributed by atoms with Crippen molar-refractivity contribution in [3.63, 3.8) is 0 Å². The summed E-state index contributed by atoms with van der Waals surface area (Å²) in [6.45, 7) is 0.938. The molecule has 0 saturated carbocycles. The molecule has 1 aromatic carbocycles. The molecule has 0 radical (unpaired) electrons. The van der Waals surface area contributed by atoms with Crippen LogP contribution in [0.15, 0.2) is 39.8 Å². The van der Waals surface area contributed by atoms with Gasteiger partial charge in [-0.2, -0.15) is 4.31 Å². The topological polar surface area (TPSA) is 130 Å². The Morgan fingerprint density at radius 3 is 2.63 bits per heavy atom. The number of carbonyl (C=O) groups is 2. The van der Waals surface area contributed by atoms with Crippen LogP contribution < -0.4 is 20.3 Å². The van der Waals surface area contributed by atoms with Crippen molar-refractivity contribution in [1.29, 1.82) is 0 Å². The first-order chi connectivity index (χ1) is 14.4. The van der Waals surface area contributed by atoms with Crippen LogP contribution in [0.3, 0.4) is 0 Å². The van der Waals surface area contributed by atoms with Gasteiger partial charge in [-0.25, -0.2) is 8.42 Å². The number of hydrogen-bond donors (Lipinski definition) is 3. The minimum atomic E-state index is -3.94. The van der Waals surface area contributed by atoms with Gasteiger partial charge in [-0.3, -0.25) is 20.4 Å². The molecule has 1 fully saturated rings. The summed E-state index contributed by atoms with van der Waals surface area (Å²) in [4.78, 5) is 27.4. The van der Waals surface area contributed by atoms with Crippen molar-refractivity contribution in [1.82, 2.24) is 20.1 Å². The number of nitrogens with zero attached hydrogens (tertiary/aromatic N) is 1. The zero-order valence-corrected chi connectivity index (χ0v) is 18.1. The van der Waals surface area contributed by atoms with Gasteiger partial charge in [-0.15, -0.1) is 0 Å². The third-order valence-corrected chi connectivity index (χ3v) is 7.18. The Hall–Kier alpha value is -2.57. The smallest absolute Gasteiger partial charge is 0.286 e. The van der Waals surface area contributed by atoms with E-state index in [0.717, 1.165) is 4.31 Å². The van der Waals surface area contributed by atoms with Gasteiger partial charge in [-0.05, 0) is 47.0 Å². The summed E-state index contributed by atoms with van der Waals surface area (Å²) < 4.78 is 39.0. The van der Waals surface area contributed by atoms with Crippen LogP contribution in [-0.2, 0) is 14.8 Å². The SMILES string of the molecule is O=C(NNC(=O)C1CCCN1S(=O)(=O)c1ccc2c(c1)OCCO2)c1cc(Br)c[nH]1. The van der Waals surface area contributed by atoms with Crippen molar-refractivity contribution in [2.24, 2.45) is 0 Å². The standard InChI is InChI=1S/C18H19BrN4O6S/c19-11-8-13(20-10-11)17(24)21-22-18(25)14-2-1-5-23(14)30(26,27)12-3-4-15-16(9-12)29-7-6-28-15/h3-4,8-10,14,20H,1-2,5-7H2,(H,21,24)(H,22,25). The predicted molar refractivity (Wildman–Crippen MR) is 108 cm³/mol. The highest BCUT2D eigenvalue weighted by molar-refractivity contribution is 9.10. The van der Waals surface area contributed by atoms with Gasteiger partial charge in [0.1, 0.15) is 24.9 Å². The maximum atomic E-state index is 13.1. The predicted octanol–water partition coefficient (Wildman–Crippen LogP) is 1.16. The van der Waals surface area contributed by atoms with E-state index in [1.54, 1.807) is 18.3 Å². The van der Waals surface area contributed by atoms with Crippen LogP contribution in [0.1, 0.15) is 23.3 Å². The molecule has 30 heavy (non-hydrogen) atoms. The number of nitrogens with one attached hydrogen (secondary N) is 3. The van der Waals surface area contributed by atoms with E-state index in [1.807, 2.05) is 0 Å². The molecule has 2 aromatic rings. The highest BCUT2D eigenvalue weighted by Gasteiger charge is 2.40. The van der Waals surface area contributed by atoms with Gasteiger partial charge in [0.05, 0.1) is 4.90 Å². The average Bonchev–Trinajstić information content (AvgIpc) is 3.41. The number of aromatic amines is 1. The van der Waals surface area contributed by atoms with E-state index in [1.165, 1.54) is 12.1 Å². The van der Waals surface area contributed by atoms with Crippen molar-refractivity contribution in [2.75, 3.05) is 19.8 Å². The van der Waals surface area contributed by atoms with E-state index in [-0.39, 0.29) is 17.1 Å². The van der Waals surface area contributed by atoms with Crippen LogP contribution in [0, 0.1) is 0 Å². The number of hydrazine groups is 1. The van der Waals surface area contributed by atoms with Crippen molar-refractivity contribution in [3.8, 4) is 11.5 Å². The maximum absolute atomic E-state index is 13.1. The number of halogens is 1. The number of fused-ring (bicyclic) bond motifs is 1. The van der Waals surface area contributed by atoms with E-state index < -0.39 is 27.9 Å². The molecular formula is C18H19BrN4O6S. The molecule has 0 aliphatic carbocycles. The first-order valence-electron chi connectivity index (χ1n) is 9.22. The summed E-state index contributed by atoms with van der Waals surface area (Å²) in [5, 5.41) is 0. The Labute approximate surface area is 181 Å². The summed E-state index contributed by atoms with van der Waals surface area (Å²) in [5.74, 6) is -0.317. The molecule has 3 heterocycles. The summed E-state index contributed by atoms with van der Waals surface area (Å²) in [6.07, 6.45) is 2.45. The molecule has 2 amide bonds. The van der Waals surface area contributed by atoms with Gasteiger partial charge < -0.3 is 14.5 Å². The zero-order valence-electron chi connectivity index (χ0n) is 15.7. The van der Waals surface area contributed by atoms with Crippen LogP contribution in [0.2, 0.25) is 0 Å². The van der Waals surface area contributed by atoms with Crippen LogP contribution in [0.5, 0.6) is 11.5 Å². The van der Waals surface area contributed by atoms with E-state index in [9.17, 15) is 18.0 Å². The number of hydrogen-bond acceptors (Lipinski definition) is 6. The fraction of sp³-hybridized carbons (Fsp3) is 0.333. The number of sulfonamides is 1. The lowest BCUT2D eigenvalue weighted by Gasteiger charge is -2.24. The highest BCUT2D eigenvalue weighted by Crippen LogP contribution is 2.34. The Morgan fingerprint density at radius 2 is 1.90 bits per heavy atom. The van der Waals surface area contributed by atoms with Crippen LogP contribution >= 0.6 is 15.9 Å². The normalized spacial score (nSPS) is 18.8. The number of aromatic nitrogens is 1. The Bertz CT molecular complexity index is 1090. The van der Waals surface area contributed by atoms with Crippen molar-refractivity contribution >= 4 is 37.8 Å². The van der Waals surface area contributed by atoms with E-state index in [2.05, 4.69) is 31.8 Å². The van der Waals surface area contributed by atoms with Gasteiger partial charge in [0.2, 0.25) is 10.0 Å². The van der Waals surface area contributed by atoms with Gasteiger partial charge in [0.25, 0.3) is 11.8 Å². The summed E-state index contributed by atoms with van der Waals surface area (Å²) in [5.41, 5.74) is 4.85. The second kappa shape index (κ2) is 8.28.